The van der Waals surface area contributed by atoms with Gasteiger partial charge in [-0.1, -0.05) is 29.3 Å². The zero-order chi connectivity index (χ0) is 16.8. The lowest BCUT2D eigenvalue weighted by Gasteiger charge is -2.09. The molecule has 0 saturated carbocycles. The van der Waals surface area contributed by atoms with Gasteiger partial charge in [-0.05, 0) is 49.2 Å². The molecule has 0 N–H and O–H groups in total. The Labute approximate surface area is 145 Å². The molecule has 0 fully saturated rings. The second-order valence-electron chi connectivity index (χ2n) is 5.07. The van der Waals surface area contributed by atoms with Crippen LogP contribution in [0.5, 0.6) is 5.75 Å². The molecule has 0 aliphatic heterocycles. The fraction of sp³-hybridized carbons (Fsp3) is 0.294. The minimum absolute atomic E-state index is 0.0120. The van der Waals surface area contributed by atoms with Gasteiger partial charge in [-0.3, -0.25) is 4.79 Å². The molecule has 0 saturated heterocycles. The third kappa shape index (κ3) is 5.41. The van der Waals surface area contributed by atoms with Gasteiger partial charge >= 0.3 is 5.97 Å². The van der Waals surface area contributed by atoms with Crippen LogP contribution < -0.4 is 4.74 Å². The van der Waals surface area contributed by atoms with Gasteiger partial charge in [-0.25, -0.2) is 4.98 Å². The molecule has 0 bridgehead atoms. The summed E-state index contributed by atoms with van der Waals surface area (Å²) >= 11 is 11.7. The number of carbonyl (C=O) groups excluding carboxylic acids is 1. The number of halogens is 2. The predicted molar refractivity (Wildman–Crippen MR) is 90.1 cm³/mol. The summed E-state index contributed by atoms with van der Waals surface area (Å²) in [5, 5.41) is 0.715. The van der Waals surface area contributed by atoms with E-state index in [1.807, 2.05) is 32.0 Å². The number of hydrogen-bond donors (Lipinski definition) is 0. The van der Waals surface area contributed by atoms with Gasteiger partial charge in [0.15, 0.2) is 0 Å². The maximum absolute atomic E-state index is 11.7. The van der Waals surface area contributed by atoms with Gasteiger partial charge in [-0.15, -0.1) is 0 Å². The van der Waals surface area contributed by atoms with E-state index in [9.17, 15) is 4.79 Å². The Balaban J connectivity index is 1.77. The fourth-order valence-electron chi connectivity index (χ4n) is 1.84. The predicted octanol–water partition coefficient (Wildman–Crippen LogP) is 4.52. The van der Waals surface area contributed by atoms with Crippen LogP contribution in [0.2, 0.25) is 10.2 Å². The molecule has 6 heteroatoms. The molecule has 0 radical (unpaired) electrons. The van der Waals surface area contributed by atoms with Crippen molar-refractivity contribution in [3.8, 4) is 5.75 Å². The van der Waals surface area contributed by atoms with Crippen LogP contribution >= 0.6 is 23.2 Å². The van der Waals surface area contributed by atoms with Crippen LogP contribution in [-0.4, -0.2) is 17.6 Å². The highest BCUT2D eigenvalue weighted by Crippen LogP contribution is 2.18. The van der Waals surface area contributed by atoms with Crippen LogP contribution in [0, 0.1) is 13.8 Å². The summed E-state index contributed by atoms with van der Waals surface area (Å²) in [7, 11) is 0. The zero-order valence-electron chi connectivity index (χ0n) is 12.9. The molecule has 1 aromatic carbocycles. The van der Waals surface area contributed by atoms with Crippen molar-refractivity contribution in [3.05, 3.63) is 57.3 Å². The molecule has 0 atom stereocenters. The van der Waals surface area contributed by atoms with E-state index in [1.54, 1.807) is 12.1 Å². The highest BCUT2D eigenvalue weighted by molar-refractivity contribution is 6.32. The summed E-state index contributed by atoms with van der Waals surface area (Å²) in [4.78, 5) is 15.7. The Morgan fingerprint density at radius 2 is 1.91 bits per heavy atom. The highest BCUT2D eigenvalue weighted by atomic mass is 35.5. The van der Waals surface area contributed by atoms with E-state index in [0.29, 0.717) is 15.9 Å². The van der Waals surface area contributed by atoms with Crippen molar-refractivity contribution in [1.82, 2.24) is 4.98 Å². The van der Waals surface area contributed by atoms with Crippen molar-refractivity contribution in [1.29, 1.82) is 0 Å². The van der Waals surface area contributed by atoms with Crippen LogP contribution in [0.3, 0.4) is 0 Å². The second kappa shape index (κ2) is 8.18. The number of pyridine rings is 1. The summed E-state index contributed by atoms with van der Waals surface area (Å²) in [6.45, 7) is 4.28. The fourth-order valence-corrected chi connectivity index (χ4v) is 2.16. The maximum atomic E-state index is 11.7. The molecule has 1 aromatic heterocycles. The molecule has 4 nitrogen and oxygen atoms in total. The lowest BCUT2D eigenvalue weighted by atomic mass is 10.1. The van der Waals surface area contributed by atoms with Crippen molar-refractivity contribution in [2.75, 3.05) is 6.61 Å². The standard InChI is InChI=1S/C17H17Cl2NO3/c1-11-3-4-13(9-12(11)2)22-8-7-17(21)23-10-15-14(18)5-6-16(19)20-15/h3-6,9H,7-8,10H2,1-2H3. The van der Waals surface area contributed by atoms with Crippen molar-refractivity contribution in [2.24, 2.45) is 0 Å². The molecular formula is C17H17Cl2NO3. The smallest absolute Gasteiger partial charge is 0.309 e. The Morgan fingerprint density at radius 1 is 1.13 bits per heavy atom. The molecule has 0 aliphatic carbocycles. The third-order valence-corrected chi connectivity index (χ3v) is 3.86. The quantitative estimate of drug-likeness (QED) is 0.565. The summed E-state index contributed by atoms with van der Waals surface area (Å²) in [5.41, 5.74) is 2.78. The van der Waals surface area contributed by atoms with Crippen molar-refractivity contribution < 1.29 is 14.3 Å². The van der Waals surface area contributed by atoms with Gasteiger partial charge in [0, 0.05) is 0 Å². The summed E-state index contributed by atoms with van der Waals surface area (Å²) in [5.74, 6) is 0.354. The van der Waals surface area contributed by atoms with Crippen LogP contribution in [0.15, 0.2) is 30.3 Å². The van der Waals surface area contributed by atoms with E-state index < -0.39 is 0 Å². The molecule has 0 aliphatic rings. The number of aromatic nitrogens is 1. The molecule has 1 heterocycles. The number of aryl methyl sites for hydroxylation is 2. The van der Waals surface area contributed by atoms with Gasteiger partial charge < -0.3 is 9.47 Å². The first-order valence-corrected chi connectivity index (χ1v) is 7.88. The van der Waals surface area contributed by atoms with Gasteiger partial charge in [0.2, 0.25) is 0 Å². The first-order chi connectivity index (χ1) is 11.0. The van der Waals surface area contributed by atoms with Crippen LogP contribution in [0.25, 0.3) is 0 Å². The molecular weight excluding hydrogens is 337 g/mol. The number of rotatable bonds is 6. The van der Waals surface area contributed by atoms with Crippen LogP contribution in [0.4, 0.5) is 0 Å². The van der Waals surface area contributed by atoms with Gasteiger partial charge in [-0.2, -0.15) is 0 Å². The van der Waals surface area contributed by atoms with Crippen molar-refractivity contribution >= 4 is 29.2 Å². The van der Waals surface area contributed by atoms with E-state index >= 15 is 0 Å². The van der Waals surface area contributed by atoms with E-state index in [4.69, 9.17) is 32.7 Å². The Bertz CT molecular complexity index is 704. The van der Waals surface area contributed by atoms with Gasteiger partial charge in [0.05, 0.1) is 23.7 Å². The minimum Gasteiger partial charge on any atom is -0.493 e. The first-order valence-electron chi connectivity index (χ1n) is 7.12. The second-order valence-corrected chi connectivity index (χ2v) is 5.86. The first kappa shape index (κ1) is 17.6. The molecule has 0 amide bonds. The Morgan fingerprint density at radius 3 is 2.65 bits per heavy atom. The minimum atomic E-state index is -0.383. The molecule has 0 spiro atoms. The molecule has 2 rings (SSSR count). The maximum Gasteiger partial charge on any atom is 0.309 e. The summed E-state index contributed by atoms with van der Waals surface area (Å²) in [6, 6.07) is 8.99. The van der Waals surface area contributed by atoms with E-state index in [1.165, 1.54) is 5.56 Å². The normalized spacial score (nSPS) is 10.4. The third-order valence-electron chi connectivity index (χ3n) is 3.31. The number of benzene rings is 1. The van der Waals surface area contributed by atoms with Gasteiger partial charge in [0.1, 0.15) is 17.5 Å². The van der Waals surface area contributed by atoms with E-state index in [2.05, 4.69) is 4.98 Å². The Hall–Kier alpha value is -1.78. The monoisotopic (exact) mass is 353 g/mol. The molecule has 2 aromatic rings. The van der Waals surface area contributed by atoms with Crippen LogP contribution in [-0.2, 0) is 16.1 Å². The van der Waals surface area contributed by atoms with Crippen molar-refractivity contribution in [3.63, 3.8) is 0 Å². The Kier molecular flexibility index (Phi) is 6.25. The van der Waals surface area contributed by atoms with E-state index in [-0.39, 0.29) is 25.6 Å². The lowest BCUT2D eigenvalue weighted by molar-refractivity contribution is -0.145. The number of nitrogens with zero attached hydrogens (tertiary/aromatic N) is 1. The number of esters is 1. The lowest BCUT2D eigenvalue weighted by Crippen LogP contribution is -2.10. The number of carbonyl (C=O) groups is 1. The SMILES string of the molecule is Cc1ccc(OCCC(=O)OCc2nc(Cl)ccc2Cl)cc1C. The molecule has 0 unspecified atom stereocenters. The summed E-state index contributed by atoms with van der Waals surface area (Å²) < 4.78 is 10.7. The summed E-state index contributed by atoms with van der Waals surface area (Å²) in [6.07, 6.45) is 0.144. The number of hydrogen-bond acceptors (Lipinski definition) is 4. The zero-order valence-corrected chi connectivity index (χ0v) is 14.4. The largest absolute Gasteiger partial charge is 0.493 e. The molecule has 122 valence electrons. The number of ether oxygens (including phenoxy) is 2. The van der Waals surface area contributed by atoms with Crippen LogP contribution in [0.1, 0.15) is 23.2 Å². The molecule has 23 heavy (non-hydrogen) atoms. The average molecular weight is 354 g/mol. The highest BCUT2D eigenvalue weighted by Gasteiger charge is 2.08. The topological polar surface area (TPSA) is 48.4 Å². The average Bonchev–Trinajstić information content (AvgIpc) is 2.52. The van der Waals surface area contributed by atoms with Crippen molar-refractivity contribution in [2.45, 2.75) is 26.9 Å². The van der Waals surface area contributed by atoms with Gasteiger partial charge in [0.25, 0.3) is 0 Å². The van der Waals surface area contributed by atoms with E-state index in [0.717, 1.165) is 11.3 Å².